The molecule has 0 aromatic heterocycles. The Morgan fingerprint density at radius 2 is 1.83 bits per heavy atom. The van der Waals surface area contributed by atoms with Crippen molar-refractivity contribution >= 4 is 5.97 Å². The quantitative estimate of drug-likeness (QED) is 0.544. The SMILES string of the molecule is C=C(C)C(=O)OC1CC1C(CC)(CC)OCC(C)(O)C(F)(F)F. The molecule has 0 aromatic carbocycles. The second kappa shape index (κ2) is 6.81. The largest absolute Gasteiger partial charge is 0.459 e. The van der Waals surface area contributed by atoms with E-state index in [9.17, 15) is 23.1 Å². The van der Waals surface area contributed by atoms with Gasteiger partial charge in [0.1, 0.15) is 6.10 Å². The van der Waals surface area contributed by atoms with Crippen molar-refractivity contribution in [2.75, 3.05) is 6.61 Å². The highest BCUT2D eigenvalue weighted by molar-refractivity contribution is 5.87. The molecule has 0 radical (unpaired) electrons. The van der Waals surface area contributed by atoms with E-state index in [0.29, 0.717) is 26.2 Å². The van der Waals surface area contributed by atoms with Crippen LogP contribution in [0.2, 0.25) is 0 Å². The summed E-state index contributed by atoms with van der Waals surface area (Å²) in [7, 11) is 0. The van der Waals surface area contributed by atoms with E-state index >= 15 is 0 Å². The van der Waals surface area contributed by atoms with Crippen LogP contribution in [0.25, 0.3) is 0 Å². The maximum atomic E-state index is 12.8. The molecule has 3 unspecified atom stereocenters. The summed E-state index contributed by atoms with van der Waals surface area (Å²) in [4.78, 5) is 11.5. The second-order valence-electron chi connectivity index (χ2n) is 6.40. The van der Waals surface area contributed by atoms with Crippen LogP contribution in [0, 0.1) is 5.92 Å². The third-order valence-corrected chi connectivity index (χ3v) is 4.46. The Hall–Kier alpha value is -1.08. The summed E-state index contributed by atoms with van der Waals surface area (Å²) in [5, 5.41) is 9.54. The summed E-state index contributed by atoms with van der Waals surface area (Å²) < 4.78 is 49.1. The van der Waals surface area contributed by atoms with Crippen LogP contribution in [0.3, 0.4) is 0 Å². The molecule has 1 N–H and O–H groups in total. The van der Waals surface area contributed by atoms with Gasteiger partial charge in [-0.1, -0.05) is 20.4 Å². The molecule has 0 bridgehead atoms. The molecule has 23 heavy (non-hydrogen) atoms. The molecule has 0 aromatic rings. The van der Waals surface area contributed by atoms with Gasteiger partial charge in [0.2, 0.25) is 0 Å². The number of carbonyl (C=O) groups excluding carboxylic acids is 1. The first kappa shape index (κ1) is 20.0. The fourth-order valence-corrected chi connectivity index (χ4v) is 2.55. The lowest BCUT2D eigenvalue weighted by atomic mass is 9.90. The van der Waals surface area contributed by atoms with Gasteiger partial charge < -0.3 is 14.6 Å². The number of ether oxygens (including phenoxy) is 2. The Labute approximate surface area is 134 Å². The lowest BCUT2D eigenvalue weighted by Crippen LogP contribution is -2.49. The Morgan fingerprint density at radius 1 is 1.30 bits per heavy atom. The van der Waals surface area contributed by atoms with Crippen molar-refractivity contribution in [2.45, 2.75) is 70.4 Å². The summed E-state index contributed by atoms with van der Waals surface area (Å²) in [6, 6.07) is 0. The van der Waals surface area contributed by atoms with Crippen LogP contribution < -0.4 is 0 Å². The highest BCUT2D eigenvalue weighted by Gasteiger charge is 2.57. The van der Waals surface area contributed by atoms with Gasteiger partial charge in [0.15, 0.2) is 5.60 Å². The lowest BCUT2D eigenvalue weighted by Gasteiger charge is -2.36. The smallest absolute Gasteiger partial charge is 0.419 e. The first-order valence-corrected chi connectivity index (χ1v) is 7.69. The third kappa shape index (κ3) is 4.47. The minimum Gasteiger partial charge on any atom is -0.459 e. The van der Waals surface area contributed by atoms with Gasteiger partial charge in [0.05, 0.1) is 12.2 Å². The van der Waals surface area contributed by atoms with Crippen LogP contribution in [-0.4, -0.2) is 41.2 Å². The van der Waals surface area contributed by atoms with Crippen LogP contribution in [0.4, 0.5) is 13.2 Å². The van der Waals surface area contributed by atoms with E-state index in [1.165, 1.54) is 6.92 Å². The highest BCUT2D eigenvalue weighted by atomic mass is 19.4. The van der Waals surface area contributed by atoms with Gasteiger partial charge in [0, 0.05) is 11.5 Å². The second-order valence-corrected chi connectivity index (χ2v) is 6.40. The summed E-state index contributed by atoms with van der Waals surface area (Å²) >= 11 is 0. The summed E-state index contributed by atoms with van der Waals surface area (Å²) in [6.07, 6.45) is -3.69. The monoisotopic (exact) mass is 338 g/mol. The number of alkyl halides is 3. The molecule has 0 spiro atoms. The maximum Gasteiger partial charge on any atom is 0.419 e. The van der Waals surface area contributed by atoms with E-state index in [4.69, 9.17) is 9.47 Å². The van der Waals surface area contributed by atoms with Crippen LogP contribution in [0.1, 0.15) is 47.0 Å². The summed E-state index contributed by atoms with van der Waals surface area (Å²) in [6.45, 7) is 8.48. The van der Waals surface area contributed by atoms with Crippen LogP contribution in [0.15, 0.2) is 12.2 Å². The molecule has 1 rings (SSSR count). The Balaban J connectivity index is 2.75. The molecule has 0 heterocycles. The van der Waals surface area contributed by atoms with Crippen molar-refractivity contribution in [1.29, 1.82) is 0 Å². The summed E-state index contributed by atoms with van der Waals surface area (Å²) in [5.41, 5.74) is -3.49. The van der Waals surface area contributed by atoms with Crippen molar-refractivity contribution in [3.05, 3.63) is 12.2 Å². The molecule has 0 amide bonds. The summed E-state index contributed by atoms with van der Waals surface area (Å²) in [5.74, 6) is -0.689. The topological polar surface area (TPSA) is 55.8 Å². The Kier molecular flexibility index (Phi) is 5.91. The van der Waals surface area contributed by atoms with Gasteiger partial charge >= 0.3 is 12.1 Å². The van der Waals surface area contributed by atoms with Crippen molar-refractivity contribution in [3.63, 3.8) is 0 Å². The first-order chi connectivity index (χ1) is 10.4. The van der Waals surface area contributed by atoms with Crippen LogP contribution in [-0.2, 0) is 14.3 Å². The first-order valence-electron chi connectivity index (χ1n) is 7.69. The van der Waals surface area contributed by atoms with Gasteiger partial charge in [-0.3, -0.25) is 0 Å². The van der Waals surface area contributed by atoms with E-state index in [1.807, 2.05) is 13.8 Å². The van der Waals surface area contributed by atoms with E-state index in [0.717, 1.165) is 0 Å². The number of halogens is 3. The standard InChI is InChI=1S/C16H25F3O4/c1-6-15(7-2,22-9-14(5,21)16(17,18)19)11-8-12(11)23-13(20)10(3)4/h11-12,21H,3,6-9H2,1-2,4-5H3. The molecular weight excluding hydrogens is 313 g/mol. The normalized spacial score (nSPS) is 24.0. The fraction of sp³-hybridized carbons (Fsp3) is 0.812. The molecule has 3 atom stereocenters. The molecule has 1 saturated carbocycles. The predicted molar refractivity (Wildman–Crippen MR) is 78.7 cm³/mol. The van der Waals surface area contributed by atoms with Crippen LogP contribution in [0.5, 0.6) is 0 Å². The number of aliphatic hydroxyl groups is 1. The van der Waals surface area contributed by atoms with Gasteiger partial charge in [0.25, 0.3) is 0 Å². The van der Waals surface area contributed by atoms with E-state index in [2.05, 4.69) is 6.58 Å². The molecule has 134 valence electrons. The molecule has 0 aliphatic heterocycles. The molecule has 1 fully saturated rings. The van der Waals surface area contributed by atoms with E-state index in [1.54, 1.807) is 0 Å². The molecule has 4 nitrogen and oxygen atoms in total. The van der Waals surface area contributed by atoms with Crippen LogP contribution >= 0.6 is 0 Å². The average molecular weight is 338 g/mol. The van der Waals surface area contributed by atoms with E-state index in [-0.39, 0.29) is 17.6 Å². The van der Waals surface area contributed by atoms with Crippen molar-refractivity contribution in [1.82, 2.24) is 0 Å². The van der Waals surface area contributed by atoms with E-state index < -0.39 is 30.0 Å². The Bertz CT molecular complexity index is 453. The highest BCUT2D eigenvalue weighted by Crippen LogP contribution is 2.49. The minimum absolute atomic E-state index is 0.176. The zero-order chi connectivity index (χ0) is 18.1. The molecule has 7 heteroatoms. The zero-order valence-electron chi connectivity index (χ0n) is 14.0. The number of hydrogen-bond donors (Lipinski definition) is 1. The molecule has 1 aliphatic carbocycles. The third-order valence-electron chi connectivity index (χ3n) is 4.46. The average Bonchev–Trinajstić information content (AvgIpc) is 3.19. The number of hydrogen-bond acceptors (Lipinski definition) is 4. The molecule has 1 aliphatic rings. The van der Waals surface area contributed by atoms with Crippen molar-refractivity contribution in [2.24, 2.45) is 5.92 Å². The number of esters is 1. The zero-order valence-corrected chi connectivity index (χ0v) is 14.0. The van der Waals surface area contributed by atoms with Gasteiger partial charge in [-0.15, -0.1) is 0 Å². The fourth-order valence-electron chi connectivity index (χ4n) is 2.55. The van der Waals surface area contributed by atoms with Crippen molar-refractivity contribution < 1.29 is 32.5 Å². The lowest BCUT2D eigenvalue weighted by molar-refractivity contribution is -0.279. The van der Waals surface area contributed by atoms with Gasteiger partial charge in [-0.05, 0) is 33.1 Å². The molecule has 0 saturated heterocycles. The van der Waals surface area contributed by atoms with Gasteiger partial charge in [-0.25, -0.2) is 4.79 Å². The van der Waals surface area contributed by atoms with Crippen molar-refractivity contribution in [3.8, 4) is 0 Å². The number of carbonyl (C=O) groups is 1. The van der Waals surface area contributed by atoms with Gasteiger partial charge in [-0.2, -0.15) is 13.2 Å². The number of rotatable bonds is 8. The maximum absolute atomic E-state index is 12.8. The molecular formula is C16H25F3O4. The Morgan fingerprint density at radius 3 is 2.22 bits per heavy atom. The minimum atomic E-state index is -4.77. The predicted octanol–water partition coefficient (Wildman–Crippen LogP) is 3.38.